The summed E-state index contributed by atoms with van der Waals surface area (Å²) in [6.45, 7) is 1.90. The van der Waals surface area contributed by atoms with Crippen molar-refractivity contribution in [2.24, 2.45) is 5.14 Å². The van der Waals surface area contributed by atoms with Crippen LogP contribution in [0.4, 0.5) is 5.69 Å². The first kappa shape index (κ1) is 14.8. The van der Waals surface area contributed by atoms with E-state index in [2.05, 4.69) is 15.9 Å². The van der Waals surface area contributed by atoms with Gasteiger partial charge in [0.05, 0.1) is 10.7 Å². The minimum Gasteiger partial charge on any atom is -0.308 e. The zero-order valence-electron chi connectivity index (χ0n) is 10.1. The van der Waals surface area contributed by atoms with Gasteiger partial charge in [0.15, 0.2) is 0 Å². The third-order valence-corrected chi connectivity index (χ3v) is 5.12. The highest BCUT2D eigenvalue weighted by atomic mass is 79.9. The van der Waals surface area contributed by atoms with Crippen molar-refractivity contribution < 1.29 is 13.2 Å². The van der Waals surface area contributed by atoms with E-state index in [4.69, 9.17) is 16.7 Å². The van der Waals surface area contributed by atoms with Gasteiger partial charge in [-0.05, 0) is 40.5 Å². The molecule has 1 aliphatic rings. The molecule has 1 amide bonds. The highest BCUT2D eigenvalue weighted by molar-refractivity contribution is 9.10. The molecule has 0 aromatic heterocycles. The number of nitrogens with two attached hydrogens (primary N) is 1. The number of benzene rings is 1. The molecule has 104 valence electrons. The van der Waals surface area contributed by atoms with Gasteiger partial charge in [-0.15, -0.1) is 0 Å². The predicted octanol–water partition coefficient (Wildman–Crippen LogP) is 1.80. The molecular weight excluding hydrogens is 356 g/mol. The topological polar surface area (TPSA) is 80.5 Å². The molecule has 1 atom stereocenters. The summed E-state index contributed by atoms with van der Waals surface area (Å²) in [5, 5.41) is 4.61. The van der Waals surface area contributed by atoms with Gasteiger partial charge >= 0.3 is 0 Å². The Morgan fingerprint density at radius 2 is 2.11 bits per heavy atom. The molecule has 0 radical (unpaired) electrons. The lowest BCUT2D eigenvalue weighted by Crippen LogP contribution is -2.32. The molecule has 5 nitrogen and oxygen atoms in total. The Morgan fingerprint density at radius 1 is 1.47 bits per heavy atom. The van der Waals surface area contributed by atoms with Crippen LogP contribution in [0.25, 0.3) is 0 Å². The molecule has 1 aliphatic heterocycles. The van der Waals surface area contributed by atoms with Crippen LogP contribution in [0.1, 0.15) is 12.0 Å². The first-order valence-corrected chi connectivity index (χ1v) is 8.26. The van der Waals surface area contributed by atoms with E-state index in [1.807, 2.05) is 13.0 Å². The summed E-state index contributed by atoms with van der Waals surface area (Å²) in [7, 11) is -3.73. The average Bonchev–Trinajstić information content (AvgIpc) is 2.59. The zero-order chi connectivity index (χ0) is 14.4. The van der Waals surface area contributed by atoms with Crippen molar-refractivity contribution in [3.05, 3.63) is 27.2 Å². The Balaban J connectivity index is 2.42. The molecule has 0 spiro atoms. The van der Waals surface area contributed by atoms with Gasteiger partial charge in [0.25, 0.3) is 0 Å². The molecule has 1 aromatic rings. The summed E-state index contributed by atoms with van der Waals surface area (Å²) >= 11 is 9.48. The standard InChI is InChI=1S/C11H12BrClN2O3S/c1-6-2-8(12)11(9(13)3-6)15-5-7(4-10(15)16)19(14,17)18/h2-3,7H,4-5H2,1H3,(H2,14,17,18). The minimum absolute atomic E-state index is 0.0268. The van der Waals surface area contributed by atoms with E-state index in [9.17, 15) is 13.2 Å². The van der Waals surface area contributed by atoms with Crippen LogP contribution >= 0.6 is 27.5 Å². The fraction of sp³-hybridized carbons (Fsp3) is 0.364. The first-order valence-electron chi connectivity index (χ1n) is 5.48. The number of aryl methyl sites for hydroxylation is 1. The highest BCUT2D eigenvalue weighted by Crippen LogP contribution is 2.37. The van der Waals surface area contributed by atoms with Gasteiger partial charge in [-0.3, -0.25) is 4.79 Å². The molecule has 8 heteroatoms. The maximum Gasteiger partial charge on any atom is 0.228 e. The van der Waals surface area contributed by atoms with Crippen molar-refractivity contribution in [1.82, 2.24) is 0 Å². The van der Waals surface area contributed by atoms with Gasteiger partial charge in [0, 0.05) is 17.4 Å². The van der Waals surface area contributed by atoms with E-state index < -0.39 is 15.3 Å². The summed E-state index contributed by atoms with van der Waals surface area (Å²) in [6.07, 6.45) is -0.116. The zero-order valence-corrected chi connectivity index (χ0v) is 13.2. The van der Waals surface area contributed by atoms with Crippen molar-refractivity contribution in [1.29, 1.82) is 0 Å². The Morgan fingerprint density at radius 3 is 2.58 bits per heavy atom. The molecule has 1 heterocycles. The van der Waals surface area contributed by atoms with Crippen LogP contribution in [0.2, 0.25) is 5.02 Å². The van der Waals surface area contributed by atoms with Crippen LogP contribution in [0, 0.1) is 6.92 Å². The number of sulfonamides is 1. The van der Waals surface area contributed by atoms with Crippen LogP contribution in [-0.4, -0.2) is 26.1 Å². The van der Waals surface area contributed by atoms with Crippen LogP contribution in [0.15, 0.2) is 16.6 Å². The molecule has 1 aromatic carbocycles. The van der Waals surface area contributed by atoms with Crippen LogP contribution < -0.4 is 10.0 Å². The lowest BCUT2D eigenvalue weighted by atomic mass is 10.2. The van der Waals surface area contributed by atoms with Gasteiger partial charge in [-0.1, -0.05) is 11.6 Å². The van der Waals surface area contributed by atoms with Gasteiger partial charge in [0.1, 0.15) is 5.25 Å². The molecule has 0 saturated carbocycles. The van der Waals surface area contributed by atoms with Gasteiger partial charge in [0.2, 0.25) is 15.9 Å². The molecular formula is C11H12BrClN2O3S. The van der Waals surface area contributed by atoms with Gasteiger partial charge < -0.3 is 4.90 Å². The number of hydrogen-bond acceptors (Lipinski definition) is 3. The normalized spacial score (nSPS) is 20.1. The fourth-order valence-corrected chi connectivity index (χ4v) is 4.07. The molecule has 0 aliphatic carbocycles. The van der Waals surface area contributed by atoms with Crippen molar-refractivity contribution >= 4 is 49.1 Å². The smallest absolute Gasteiger partial charge is 0.228 e. The van der Waals surface area contributed by atoms with Crippen molar-refractivity contribution in [3.8, 4) is 0 Å². The Kier molecular flexibility index (Phi) is 3.92. The number of carbonyl (C=O) groups is 1. The van der Waals surface area contributed by atoms with E-state index in [0.717, 1.165) is 5.56 Å². The molecule has 2 rings (SSSR count). The molecule has 2 N–H and O–H groups in total. The van der Waals surface area contributed by atoms with E-state index in [1.165, 1.54) is 4.90 Å². The number of primary sulfonamides is 1. The Hall–Kier alpha value is -0.630. The van der Waals surface area contributed by atoms with E-state index in [0.29, 0.717) is 15.2 Å². The van der Waals surface area contributed by atoms with E-state index >= 15 is 0 Å². The maximum absolute atomic E-state index is 11.9. The van der Waals surface area contributed by atoms with Crippen LogP contribution in [0.3, 0.4) is 0 Å². The number of carbonyl (C=O) groups excluding carboxylic acids is 1. The number of amides is 1. The second-order valence-corrected chi connectivity index (χ2v) is 7.60. The molecule has 1 saturated heterocycles. The summed E-state index contributed by atoms with van der Waals surface area (Å²) in [6, 6.07) is 3.54. The van der Waals surface area contributed by atoms with Crippen LogP contribution in [0.5, 0.6) is 0 Å². The fourth-order valence-electron chi connectivity index (χ4n) is 2.06. The molecule has 19 heavy (non-hydrogen) atoms. The molecule has 1 unspecified atom stereocenters. The van der Waals surface area contributed by atoms with E-state index in [1.54, 1.807) is 6.07 Å². The first-order chi connectivity index (χ1) is 8.70. The number of rotatable bonds is 2. The number of anilines is 1. The molecule has 1 fully saturated rings. The number of halogens is 2. The summed E-state index contributed by atoms with van der Waals surface area (Å²) in [5.41, 5.74) is 1.43. The van der Waals surface area contributed by atoms with Crippen molar-refractivity contribution in [2.75, 3.05) is 11.4 Å². The lowest BCUT2D eigenvalue weighted by molar-refractivity contribution is -0.117. The van der Waals surface area contributed by atoms with Gasteiger partial charge in [-0.25, -0.2) is 13.6 Å². The second kappa shape index (κ2) is 5.05. The quantitative estimate of drug-likeness (QED) is 0.865. The Labute approximate surface area is 124 Å². The highest BCUT2D eigenvalue weighted by Gasteiger charge is 2.38. The Bertz CT molecular complexity index is 624. The number of hydrogen-bond donors (Lipinski definition) is 1. The van der Waals surface area contributed by atoms with Crippen molar-refractivity contribution in [3.63, 3.8) is 0 Å². The monoisotopic (exact) mass is 366 g/mol. The summed E-state index contributed by atoms with van der Waals surface area (Å²) < 4.78 is 23.3. The average molecular weight is 368 g/mol. The lowest BCUT2D eigenvalue weighted by Gasteiger charge is -2.20. The second-order valence-electron chi connectivity index (χ2n) is 4.50. The maximum atomic E-state index is 11.9. The van der Waals surface area contributed by atoms with E-state index in [-0.39, 0.29) is 18.9 Å². The van der Waals surface area contributed by atoms with Gasteiger partial charge in [-0.2, -0.15) is 0 Å². The predicted molar refractivity (Wildman–Crippen MR) is 77.8 cm³/mol. The van der Waals surface area contributed by atoms with Crippen LogP contribution in [-0.2, 0) is 14.8 Å². The molecule has 0 bridgehead atoms. The largest absolute Gasteiger partial charge is 0.308 e. The summed E-state index contributed by atoms with van der Waals surface area (Å²) in [5.74, 6) is -0.300. The SMILES string of the molecule is Cc1cc(Cl)c(N2CC(S(N)(=O)=O)CC2=O)c(Br)c1. The van der Waals surface area contributed by atoms with Crippen molar-refractivity contribution in [2.45, 2.75) is 18.6 Å². The third-order valence-electron chi connectivity index (χ3n) is 2.99. The number of nitrogens with zero attached hydrogens (tertiary/aromatic N) is 1. The minimum atomic E-state index is -3.73. The third kappa shape index (κ3) is 2.94. The summed E-state index contributed by atoms with van der Waals surface area (Å²) in [4.78, 5) is 13.3.